The van der Waals surface area contributed by atoms with Crippen LogP contribution in [0.2, 0.25) is 0 Å². The van der Waals surface area contributed by atoms with Crippen molar-refractivity contribution in [2.75, 3.05) is 12.4 Å². The van der Waals surface area contributed by atoms with Gasteiger partial charge in [-0.1, -0.05) is 22.0 Å². The van der Waals surface area contributed by atoms with Crippen molar-refractivity contribution < 1.29 is 14.6 Å². The number of carbonyl (C=O) groups is 1. The maximum atomic E-state index is 12.0. The molecule has 0 aliphatic carbocycles. The lowest BCUT2D eigenvalue weighted by atomic mass is 10.2. The van der Waals surface area contributed by atoms with Crippen molar-refractivity contribution in [2.24, 2.45) is 5.10 Å². The van der Waals surface area contributed by atoms with Crippen LogP contribution in [0.3, 0.4) is 0 Å². The van der Waals surface area contributed by atoms with Crippen LogP contribution >= 0.6 is 15.9 Å². The molecule has 2 aromatic carbocycles. The molecule has 7 heteroatoms. The highest BCUT2D eigenvalue weighted by atomic mass is 79.9. The van der Waals surface area contributed by atoms with E-state index in [-0.39, 0.29) is 11.7 Å². The molecule has 0 saturated heterocycles. The second kappa shape index (κ2) is 8.35. The summed E-state index contributed by atoms with van der Waals surface area (Å²) in [5, 5.41) is 16.9. The number of hydrogen-bond donors (Lipinski definition) is 3. The van der Waals surface area contributed by atoms with Crippen molar-refractivity contribution >= 4 is 33.7 Å². The lowest BCUT2D eigenvalue weighted by molar-refractivity contribution is -0.121. The molecule has 24 heavy (non-hydrogen) atoms. The zero-order valence-electron chi connectivity index (χ0n) is 13.3. The number of nitrogens with zero attached hydrogens (tertiary/aromatic N) is 1. The third-order valence-electron chi connectivity index (χ3n) is 3.25. The number of aromatic hydroxyl groups is 1. The van der Waals surface area contributed by atoms with Crippen molar-refractivity contribution in [1.29, 1.82) is 0 Å². The Morgan fingerprint density at radius 1 is 1.29 bits per heavy atom. The zero-order chi connectivity index (χ0) is 17.5. The van der Waals surface area contributed by atoms with E-state index in [9.17, 15) is 9.90 Å². The normalized spacial score (nSPS) is 12.0. The van der Waals surface area contributed by atoms with E-state index >= 15 is 0 Å². The fourth-order valence-electron chi connectivity index (χ4n) is 1.93. The van der Waals surface area contributed by atoms with E-state index in [1.165, 1.54) is 13.3 Å². The number of phenolic OH excluding ortho intramolecular Hbond substituents is 1. The fraction of sp³-hybridized carbons (Fsp3) is 0.176. The molecular formula is C17H18BrN3O3. The molecule has 3 N–H and O–H groups in total. The molecule has 0 heterocycles. The van der Waals surface area contributed by atoms with E-state index in [1.807, 2.05) is 24.3 Å². The summed E-state index contributed by atoms with van der Waals surface area (Å²) < 4.78 is 5.98. The van der Waals surface area contributed by atoms with Gasteiger partial charge < -0.3 is 15.2 Å². The van der Waals surface area contributed by atoms with Gasteiger partial charge in [-0.2, -0.15) is 5.10 Å². The van der Waals surface area contributed by atoms with Gasteiger partial charge in [0.1, 0.15) is 6.04 Å². The molecule has 1 amide bonds. The van der Waals surface area contributed by atoms with E-state index in [2.05, 4.69) is 31.8 Å². The van der Waals surface area contributed by atoms with Crippen molar-refractivity contribution in [1.82, 2.24) is 5.43 Å². The number of ether oxygens (including phenoxy) is 1. The Kier molecular flexibility index (Phi) is 6.20. The van der Waals surface area contributed by atoms with Crippen molar-refractivity contribution in [2.45, 2.75) is 13.0 Å². The topological polar surface area (TPSA) is 83.0 Å². The van der Waals surface area contributed by atoms with Gasteiger partial charge >= 0.3 is 0 Å². The molecule has 0 aliphatic heterocycles. The Hall–Kier alpha value is -2.54. The van der Waals surface area contributed by atoms with Crippen LogP contribution in [0.5, 0.6) is 11.5 Å². The minimum atomic E-state index is -0.470. The van der Waals surface area contributed by atoms with Crippen LogP contribution in [0.25, 0.3) is 0 Å². The molecule has 0 aliphatic rings. The van der Waals surface area contributed by atoms with Gasteiger partial charge in [-0.15, -0.1) is 0 Å². The van der Waals surface area contributed by atoms with Gasteiger partial charge in [0.15, 0.2) is 11.5 Å². The first-order valence-electron chi connectivity index (χ1n) is 7.22. The molecule has 2 aromatic rings. The monoisotopic (exact) mass is 391 g/mol. The van der Waals surface area contributed by atoms with Gasteiger partial charge in [0, 0.05) is 15.7 Å². The van der Waals surface area contributed by atoms with E-state index in [0.717, 1.165) is 10.2 Å². The molecule has 0 bridgehead atoms. The summed E-state index contributed by atoms with van der Waals surface area (Å²) in [7, 11) is 1.47. The molecule has 0 fully saturated rings. The maximum Gasteiger partial charge on any atom is 0.262 e. The van der Waals surface area contributed by atoms with Gasteiger partial charge in [0.2, 0.25) is 0 Å². The van der Waals surface area contributed by atoms with Crippen LogP contribution in [-0.2, 0) is 4.79 Å². The lowest BCUT2D eigenvalue weighted by Crippen LogP contribution is -2.34. The number of nitrogens with one attached hydrogen (secondary N) is 2. The minimum Gasteiger partial charge on any atom is -0.504 e. The highest BCUT2D eigenvalue weighted by molar-refractivity contribution is 9.10. The average Bonchev–Trinajstić information content (AvgIpc) is 2.58. The molecule has 6 nitrogen and oxygen atoms in total. The Morgan fingerprint density at radius 2 is 2.00 bits per heavy atom. The number of para-hydroxylation sites is 1. The molecule has 1 atom stereocenters. The number of anilines is 1. The molecule has 0 aromatic heterocycles. The third-order valence-corrected chi connectivity index (χ3v) is 3.78. The fourth-order valence-corrected chi connectivity index (χ4v) is 2.20. The van der Waals surface area contributed by atoms with Gasteiger partial charge in [-0.3, -0.25) is 4.79 Å². The molecule has 0 saturated carbocycles. The van der Waals surface area contributed by atoms with Gasteiger partial charge in [0.25, 0.3) is 5.91 Å². The predicted octanol–water partition coefficient (Wildman–Crippen LogP) is 3.11. The van der Waals surface area contributed by atoms with E-state index in [1.54, 1.807) is 25.1 Å². The quantitative estimate of drug-likeness (QED) is 0.521. The van der Waals surface area contributed by atoms with Gasteiger partial charge in [-0.05, 0) is 43.3 Å². The Bertz CT molecular complexity index is 732. The summed E-state index contributed by atoms with van der Waals surface area (Å²) in [6.07, 6.45) is 1.36. The Morgan fingerprint density at radius 3 is 2.67 bits per heavy atom. The molecule has 2 rings (SSSR count). The molecular weight excluding hydrogens is 374 g/mol. The third kappa shape index (κ3) is 4.73. The molecule has 0 radical (unpaired) electrons. The van der Waals surface area contributed by atoms with E-state index in [4.69, 9.17) is 4.74 Å². The summed E-state index contributed by atoms with van der Waals surface area (Å²) in [4.78, 5) is 12.0. The number of hydrogen-bond acceptors (Lipinski definition) is 5. The highest BCUT2D eigenvalue weighted by Gasteiger charge is 2.11. The summed E-state index contributed by atoms with van der Waals surface area (Å²) >= 11 is 3.36. The molecule has 126 valence electrons. The van der Waals surface area contributed by atoms with Crippen LogP contribution in [0.4, 0.5) is 5.69 Å². The zero-order valence-corrected chi connectivity index (χ0v) is 14.9. The summed E-state index contributed by atoms with van der Waals surface area (Å²) in [6.45, 7) is 1.73. The first-order valence-corrected chi connectivity index (χ1v) is 8.01. The average molecular weight is 392 g/mol. The first kappa shape index (κ1) is 17.8. The first-order chi connectivity index (χ1) is 11.5. The maximum absolute atomic E-state index is 12.0. The van der Waals surface area contributed by atoms with Crippen LogP contribution in [0.1, 0.15) is 12.5 Å². The van der Waals surface area contributed by atoms with Crippen molar-refractivity contribution in [3.05, 3.63) is 52.5 Å². The molecule has 0 unspecified atom stereocenters. The summed E-state index contributed by atoms with van der Waals surface area (Å²) in [5.41, 5.74) is 3.71. The number of halogens is 1. The van der Waals surface area contributed by atoms with Gasteiger partial charge in [-0.25, -0.2) is 5.43 Å². The summed E-state index contributed by atoms with van der Waals surface area (Å²) in [5.74, 6) is 0.0196. The lowest BCUT2D eigenvalue weighted by Gasteiger charge is -2.13. The number of methoxy groups -OCH3 is 1. The SMILES string of the molecule is COc1cccc(/C=N/NC(=O)[C@H](C)Nc2ccc(Br)cc2)c1O. The predicted molar refractivity (Wildman–Crippen MR) is 97.6 cm³/mol. The number of benzene rings is 2. The van der Waals surface area contributed by atoms with Crippen LogP contribution in [0, 0.1) is 0 Å². The van der Waals surface area contributed by atoms with E-state index in [0.29, 0.717) is 11.3 Å². The Labute approximate surface area is 148 Å². The van der Waals surface area contributed by atoms with Crippen LogP contribution in [0.15, 0.2) is 52.0 Å². The van der Waals surface area contributed by atoms with E-state index < -0.39 is 6.04 Å². The Balaban J connectivity index is 1.93. The largest absolute Gasteiger partial charge is 0.504 e. The standard InChI is InChI=1S/C17H18BrN3O3/c1-11(20-14-8-6-13(18)7-9-14)17(23)21-19-10-12-4-3-5-15(24-2)16(12)22/h3-11,20,22H,1-2H3,(H,21,23)/b19-10+/t11-/m0/s1. The number of phenols is 1. The van der Waals surface area contributed by atoms with Crippen molar-refractivity contribution in [3.63, 3.8) is 0 Å². The van der Waals surface area contributed by atoms with Crippen LogP contribution in [-0.4, -0.2) is 30.4 Å². The van der Waals surface area contributed by atoms with Gasteiger partial charge in [0.05, 0.1) is 13.3 Å². The van der Waals surface area contributed by atoms with Crippen LogP contribution < -0.4 is 15.5 Å². The summed E-state index contributed by atoms with van der Waals surface area (Å²) in [6, 6.07) is 12.1. The minimum absolute atomic E-state index is 0.0287. The second-order valence-corrected chi connectivity index (χ2v) is 5.92. The highest BCUT2D eigenvalue weighted by Crippen LogP contribution is 2.27. The smallest absolute Gasteiger partial charge is 0.262 e. The molecule has 0 spiro atoms. The number of hydrazone groups is 1. The number of amides is 1. The van der Waals surface area contributed by atoms with Crippen molar-refractivity contribution in [3.8, 4) is 11.5 Å². The second-order valence-electron chi connectivity index (χ2n) is 5.01. The number of carbonyl (C=O) groups excluding carboxylic acids is 1. The number of rotatable bonds is 6.